The summed E-state index contributed by atoms with van der Waals surface area (Å²) in [6.07, 6.45) is 5.26. The van der Waals surface area contributed by atoms with Gasteiger partial charge in [0.1, 0.15) is 11.5 Å². The van der Waals surface area contributed by atoms with Crippen LogP contribution in [0.1, 0.15) is 42.5 Å². The van der Waals surface area contributed by atoms with Gasteiger partial charge in [0, 0.05) is 29.8 Å². The zero-order valence-electron chi connectivity index (χ0n) is 15.7. The van der Waals surface area contributed by atoms with E-state index < -0.39 is 5.91 Å². The van der Waals surface area contributed by atoms with E-state index in [4.69, 9.17) is 10.5 Å². The number of piperidine rings is 1. The van der Waals surface area contributed by atoms with Gasteiger partial charge in [-0.05, 0) is 74.1 Å². The van der Waals surface area contributed by atoms with E-state index in [-0.39, 0.29) is 5.91 Å². The largest absolute Gasteiger partial charge is 0.457 e. The fraction of sp³-hybridized carbons (Fsp3) is 0.364. The highest BCUT2D eigenvalue weighted by atomic mass is 16.5. The number of anilines is 1. The van der Waals surface area contributed by atoms with Crippen molar-refractivity contribution in [2.75, 3.05) is 5.32 Å². The van der Waals surface area contributed by atoms with E-state index in [0.717, 1.165) is 18.5 Å². The lowest BCUT2D eigenvalue weighted by Gasteiger charge is -2.28. The summed E-state index contributed by atoms with van der Waals surface area (Å²) in [5.41, 5.74) is 6.44. The number of hydrogen-bond acceptors (Lipinski definition) is 4. The van der Waals surface area contributed by atoms with Gasteiger partial charge in [0.15, 0.2) is 0 Å². The summed E-state index contributed by atoms with van der Waals surface area (Å²) < 4.78 is 5.75. The first-order valence-electron chi connectivity index (χ1n) is 9.79. The molecule has 28 heavy (non-hydrogen) atoms. The third-order valence-corrected chi connectivity index (χ3v) is 5.54. The van der Waals surface area contributed by atoms with Gasteiger partial charge >= 0.3 is 0 Å². The monoisotopic (exact) mass is 379 g/mol. The number of benzene rings is 2. The Morgan fingerprint density at radius 1 is 1.04 bits per heavy atom. The molecule has 0 saturated carbocycles. The van der Waals surface area contributed by atoms with Gasteiger partial charge in [-0.2, -0.15) is 0 Å². The lowest BCUT2D eigenvalue weighted by Crippen LogP contribution is -2.39. The molecule has 4 rings (SSSR count). The van der Waals surface area contributed by atoms with Crippen molar-refractivity contribution in [3.8, 4) is 11.5 Å². The van der Waals surface area contributed by atoms with E-state index in [1.165, 1.54) is 12.8 Å². The molecule has 2 atom stereocenters. The van der Waals surface area contributed by atoms with Crippen LogP contribution >= 0.6 is 0 Å². The van der Waals surface area contributed by atoms with Gasteiger partial charge in [-0.1, -0.05) is 6.07 Å². The van der Waals surface area contributed by atoms with Crippen molar-refractivity contribution in [2.45, 2.75) is 44.2 Å². The van der Waals surface area contributed by atoms with E-state index in [1.807, 2.05) is 12.1 Å². The molecule has 2 fully saturated rings. The molecule has 2 aliphatic heterocycles. The van der Waals surface area contributed by atoms with E-state index in [2.05, 4.69) is 10.6 Å². The molecule has 0 aromatic heterocycles. The number of carbonyl (C=O) groups is 2. The molecular weight excluding hydrogens is 354 g/mol. The van der Waals surface area contributed by atoms with Crippen LogP contribution in [0.25, 0.3) is 0 Å². The maximum Gasteiger partial charge on any atom is 0.248 e. The second kappa shape index (κ2) is 8.02. The molecule has 2 amide bonds. The van der Waals surface area contributed by atoms with Crippen LogP contribution in [0.2, 0.25) is 0 Å². The smallest absolute Gasteiger partial charge is 0.248 e. The number of ether oxygens (including phenoxy) is 1. The second-order valence-electron chi connectivity index (χ2n) is 7.75. The Morgan fingerprint density at radius 3 is 2.43 bits per heavy atom. The minimum atomic E-state index is -0.495. The van der Waals surface area contributed by atoms with Gasteiger partial charge in [0.05, 0.1) is 0 Å². The van der Waals surface area contributed by atoms with Crippen molar-refractivity contribution in [1.29, 1.82) is 0 Å². The quantitative estimate of drug-likeness (QED) is 0.717. The van der Waals surface area contributed by atoms with Crippen LogP contribution < -0.4 is 21.1 Å². The Bertz CT molecular complexity index is 854. The minimum absolute atomic E-state index is 0.0640. The van der Waals surface area contributed by atoms with Gasteiger partial charge in [0.25, 0.3) is 0 Å². The summed E-state index contributed by atoms with van der Waals surface area (Å²) in [5.74, 6) is 1.20. The fourth-order valence-electron chi connectivity index (χ4n) is 4.27. The highest BCUT2D eigenvalue weighted by molar-refractivity contribution is 5.93. The number of hydrogen-bond donors (Lipinski definition) is 3. The Kier molecular flexibility index (Phi) is 5.30. The molecule has 6 nitrogen and oxygen atoms in total. The van der Waals surface area contributed by atoms with Crippen LogP contribution in [0.4, 0.5) is 5.69 Å². The summed E-state index contributed by atoms with van der Waals surface area (Å²) in [4.78, 5) is 23.6. The highest BCUT2D eigenvalue weighted by Crippen LogP contribution is 2.33. The maximum atomic E-state index is 12.4. The lowest BCUT2D eigenvalue weighted by molar-refractivity contribution is -0.117. The second-order valence-corrected chi connectivity index (χ2v) is 7.75. The molecule has 0 spiro atoms. The number of nitrogens with one attached hydrogen (secondary N) is 2. The third kappa shape index (κ3) is 4.51. The van der Waals surface area contributed by atoms with E-state index >= 15 is 0 Å². The molecule has 2 aromatic carbocycles. The van der Waals surface area contributed by atoms with Crippen molar-refractivity contribution in [3.63, 3.8) is 0 Å². The predicted molar refractivity (Wildman–Crippen MR) is 107 cm³/mol. The first-order chi connectivity index (χ1) is 13.5. The summed E-state index contributed by atoms with van der Waals surface area (Å²) in [6, 6.07) is 15.1. The Balaban J connectivity index is 1.31. The number of carbonyl (C=O) groups excluding carboxylic acids is 2. The third-order valence-electron chi connectivity index (χ3n) is 5.54. The van der Waals surface area contributed by atoms with Gasteiger partial charge in [0.2, 0.25) is 11.8 Å². The lowest BCUT2D eigenvalue weighted by atomic mass is 9.89. The number of nitrogens with two attached hydrogens (primary N) is 1. The molecule has 146 valence electrons. The van der Waals surface area contributed by atoms with Crippen molar-refractivity contribution in [1.82, 2.24) is 5.32 Å². The molecule has 2 bridgehead atoms. The summed E-state index contributed by atoms with van der Waals surface area (Å²) >= 11 is 0. The van der Waals surface area contributed by atoms with Crippen LogP contribution in [0, 0.1) is 5.92 Å². The van der Waals surface area contributed by atoms with Crippen molar-refractivity contribution in [3.05, 3.63) is 54.1 Å². The van der Waals surface area contributed by atoms with E-state index in [0.29, 0.717) is 41.5 Å². The molecule has 2 saturated heterocycles. The number of amides is 2. The molecule has 0 radical (unpaired) electrons. The highest BCUT2D eigenvalue weighted by Gasteiger charge is 2.34. The first-order valence-corrected chi connectivity index (χ1v) is 9.79. The van der Waals surface area contributed by atoms with Crippen LogP contribution in [0.3, 0.4) is 0 Å². The normalized spacial score (nSPS) is 23.2. The first kappa shape index (κ1) is 18.5. The Hall–Kier alpha value is -2.86. The number of primary amides is 1. The van der Waals surface area contributed by atoms with Gasteiger partial charge in [-0.15, -0.1) is 0 Å². The van der Waals surface area contributed by atoms with Crippen molar-refractivity contribution in [2.24, 2.45) is 11.7 Å². The molecular formula is C22H25N3O3. The molecule has 0 aliphatic carbocycles. The van der Waals surface area contributed by atoms with E-state index in [9.17, 15) is 9.59 Å². The molecule has 2 heterocycles. The summed E-state index contributed by atoms with van der Waals surface area (Å²) in [6.45, 7) is 0. The van der Waals surface area contributed by atoms with Crippen LogP contribution in [-0.2, 0) is 4.79 Å². The molecule has 6 heteroatoms. The van der Waals surface area contributed by atoms with Gasteiger partial charge in [-0.3, -0.25) is 9.59 Å². The molecule has 2 unspecified atom stereocenters. The fourth-order valence-corrected chi connectivity index (χ4v) is 4.27. The molecule has 2 aliphatic rings. The van der Waals surface area contributed by atoms with Crippen LogP contribution in [0.15, 0.2) is 48.5 Å². The molecule has 2 aromatic rings. The standard InChI is InChI=1S/C22H25N3O3/c23-22(27)15-2-1-3-20(13-15)28-19-8-6-16(7-9-19)25-21(26)12-14-10-17-4-5-18(11-14)24-17/h1-3,6-9,13-14,17-18,24H,4-5,10-12H2,(H2,23,27)(H,25,26). The summed E-state index contributed by atoms with van der Waals surface area (Å²) in [5, 5.41) is 6.59. The van der Waals surface area contributed by atoms with Gasteiger partial charge in [-0.25, -0.2) is 0 Å². The number of rotatable bonds is 6. The van der Waals surface area contributed by atoms with Crippen molar-refractivity contribution < 1.29 is 14.3 Å². The minimum Gasteiger partial charge on any atom is -0.457 e. The Morgan fingerprint density at radius 2 is 1.75 bits per heavy atom. The van der Waals surface area contributed by atoms with Crippen molar-refractivity contribution >= 4 is 17.5 Å². The zero-order chi connectivity index (χ0) is 19.5. The number of fused-ring (bicyclic) bond motifs is 2. The van der Waals surface area contributed by atoms with Crippen LogP contribution in [0.5, 0.6) is 11.5 Å². The molecule has 4 N–H and O–H groups in total. The zero-order valence-corrected chi connectivity index (χ0v) is 15.7. The Labute approximate surface area is 164 Å². The summed E-state index contributed by atoms with van der Waals surface area (Å²) in [7, 11) is 0. The SMILES string of the molecule is NC(=O)c1cccc(Oc2ccc(NC(=O)CC3CC4CCC(C3)N4)cc2)c1. The van der Waals surface area contributed by atoms with Crippen LogP contribution in [-0.4, -0.2) is 23.9 Å². The average Bonchev–Trinajstić information content (AvgIpc) is 3.02. The van der Waals surface area contributed by atoms with E-state index in [1.54, 1.807) is 36.4 Å². The predicted octanol–water partition coefficient (Wildman–Crippen LogP) is 3.44. The average molecular weight is 379 g/mol. The maximum absolute atomic E-state index is 12.4. The topological polar surface area (TPSA) is 93.5 Å². The van der Waals surface area contributed by atoms with Gasteiger partial charge < -0.3 is 21.1 Å².